The summed E-state index contributed by atoms with van der Waals surface area (Å²) in [5.74, 6) is 0. The van der Waals surface area contributed by atoms with E-state index in [1.807, 2.05) is 11.3 Å². The summed E-state index contributed by atoms with van der Waals surface area (Å²) in [4.78, 5) is 2.41. The molecule has 0 saturated carbocycles. The number of anilines is 3. The first-order valence-corrected chi connectivity index (χ1v) is 21.6. The van der Waals surface area contributed by atoms with Gasteiger partial charge in [-0.25, -0.2) is 0 Å². The van der Waals surface area contributed by atoms with Gasteiger partial charge in [0.25, 0.3) is 0 Å². The lowest BCUT2D eigenvalue weighted by Crippen LogP contribution is -2.10. The van der Waals surface area contributed by atoms with E-state index in [0.29, 0.717) is 0 Å². The van der Waals surface area contributed by atoms with Gasteiger partial charge in [0.05, 0.1) is 11.1 Å². The zero-order valence-electron chi connectivity index (χ0n) is 33.1. The van der Waals surface area contributed by atoms with E-state index in [9.17, 15) is 0 Å². The molecule has 2 aromatic heterocycles. The predicted octanol–water partition coefficient (Wildman–Crippen LogP) is 17.2. The van der Waals surface area contributed by atoms with Gasteiger partial charge in [-0.05, 0) is 110 Å². The molecule has 0 aliphatic rings. The summed E-state index contributed by atoms with van der Waals surface area (Å²) in [7, 11) is 0. The Morgan fingerprint density at radius 3 is 1.77 bits per heavy atom. The quantitative estimate of drug-likeness (QED) is 0.160. The van der Waals surface area contributed by atoms with Gasteiger partial charge in [-0.1, -0.05) is 164 Å². The van der Waals surface area contributed by atoms with E-state index in [-0.39, 0.29) is 0 Å². The molecule has 0 spiro atoms. The highest BCUT2D eigenvalue weighted by Crippen LogP contribution is 2.48. The van der Waals surface area contributed by atoms with Gasteiger partial charge in [-0.2, -0.15) is 0 Å². The molecule has 286 valence electrons. The third kappa shape index (κ3) is 6.09. The number of nitrogens with zero attached hydrogens (tertiary/aromatic N) is 1. The fraction of sp³-hybridized carbons (Fsp3) is 0. The second-order valence-corrected chi connectivity index (χ2v) is 16.7. The number of hydrogen-bond donors (Lipinski definition) is 0. The SMILES string of the molecule is c1ccc(-c2ccc3c(c2)sc2ccc(N(c4ccc(-c5ccc6cccc(-c7ccccc7)c6c5)cc4)c4ccc(-c5ccccc5)c5oc6ccccc6c45)cc23)cc1. The van der Waals surface area contributed by atoms with Crippen LogP contribution in [0.4, 0.5) is 17.1 Å². The minimum Gasteiger partial charge on any atom is -0.455 e. The number of rotatable bonds is 7. The molecule has 0 amide bonds. The second-order valence-electron chi connectivity index (χ2n) is 15.6. The number of benzene rings is 10. The first-order valence-electron chi connectivity index (χ1n) is 20.7. The number of hydrogen-bond acceptors (Lipinski definition) is 3. The summed E-state index contributed by atoms with van der Waals surface area (Å²) >= 11 is 1.85. The van der Waals surface area contributed by atoms with Gasteiger partial charge in [-0.3, -0.25) is 0 Å². The van der Waals surface area contributed by atoms with E-state index in [2.05, 4.69) is 229 Å². The number of thiophene rings is 1. The molecule has 0 radical (unpaired) electrons. The van der Waals surface area contributed by atoms with E-state index < -0.39 is 0 Å². The molecule has 0 aliphatic carbocycles. The van der Waals surface area contributed by atoms with Crippen molar-refractivity contribution in [2.45, 2.75) is 0 Å². The lowest BCUT2D eigenvalue weighted by atomic mass is 9.94. The second kappa shape index (κ2) is 14.5. The molecule has 0 bridgehead atoms. The maximum atomic E-state index is 6.79. The van der Waals surface area contributed by atoms with Gasteiger partial charge < -0.3 is 9.32 Å². The molecule has 2 heterocycles. The molecule has 0 unspecified atom stereocenters. The van der Waals surface area contributed by atoms with Crippen molar-refractivity contribution in [3.63, 3.8) is 0 Å². The van der Waals surface area contributed by atoms with Gasteiger partial charge in [0.1, 0.15) is 11.2 Å². The minimum atomic E-state index is 0.872. The number of furan rings is 1. The molecular formula is C58H37NOS. The zero-order chi connectivity index (χ0) is 40.3. The van der Waals surface area contributed by atoms with Crippen molar-refractivity contribution in [1.82, 2.24) is 0 Å². The minimum absolute atomic E-state index is 0.872. The highest BCUT2D eigenvalue weighted by Gasteiger charge is 2.23. The van der Waals surface area contributed by atoms with Gasteiger partial charge in [0.2, 0.25) is 0 Å². The molecule has 10 aromatic carbocycles. The van der Waals surface area contributed by atoms with Gasteiger partial charge in [0.15, 0.2) is 0 Å². The van der Waals surface area contributed by atoms with Crippen LogP contribution in [0.25, 0.3) is 97.4 Å². The molecule has 0 atom stereocenters. The Labute approximate surface area is 357 Å². The van der Waals surface area contributed by atoms with Crippen molar-refractivity contribution >= 4 is 81.3 Å². The van der Waals surface area contributed by atoms with Crippen molar-refractivity contribution < 1.29 is 4.42 Å². The van der Waals surface area contributed by atoms with Crippen LogP contribution in [0.5, 0.6) is 0 Å². The Balaban J connectivity index is 1.04. The van der Waals surface area contributed by atoms with Crippen LogP contribution in [0.3, 0.4) is 0 Å². The Bertz CT molecular complexity index is 3570. The summed E-state index contributed by atoms with van der Waals surface area (Å²) in [6.07, 6.45) is 0. The first-order chi connectivity index (χ1) is 30.2. The Morgan fingerprint density at radius 1 is 0.344 bits per heavy atom. The van der Waals surface area contributed by atoms with Crippen LogP contribution in [-0.4, -0.2) is 0 Å². The summed E-state index contributed by atoms with van der Waals surface area (Å²) in [6, 6.07) is 81.1. The topological polar surface area (TPSA) is 16.4 Å². The van der Waals surface area contributed by atoms with Crippen LogP contribution in [0.1, 0.15) is 0 Å². The van der Waals surface area contributed by atoms with Crippen molar-refractivity contribution in [3.8, 4) is 44.5 Å². The summed E-state index contributed by atoms with van der Waals surface area (Å²) in [5.41, 5.74) is 14.5. The fourth-order valence-electron chi connectivity index (χ4n) is 9.11. The monoisotopic (exact) mass is 795 g/mol. The Hall–Kier alpha value is -7.72. The van der Waals surface area contributed by atoms with Crippen LogP contribution in [0, 0.1) is 0 Å². The lowest BCUT2D eigenvalue weighted by molar-refractivity contribution is 0.670. The van der Waals surface area contributed by atoms with Crippen molar-refractivity contribution in [1.29, 1.82) is 0 Å². The third-order valence-corrected chi connectivity index (χ3v) is 13.2. The maximum absolute atomic E-state index is 6.79. The predicted molar refractivity (Wildman–Crippen MR) is 261 cm³/mol. The summed E-state index contributed by atoms with van der Waals surface area (Å²) in [5, 5.41) is 7.17. The smallest absolute Gasteiger partial charge is 0.145 e. The zero-order valence-corrected chi connectivity index (χ0v) is 33.9. The molecule has 2 nitrogen and oxygen atoms in total. The normalized spacial score (nSPS) is 11.6. The fourth-order valence-corrected chi connectivity index (χ4v) is 10.2. The van der Waals surface area contributed by atoms with E-state index in [0.717, 1.165) is 50.1 Å². The van der Waals surface area contributed by atoms with E-state index in [1.165, 1.54) is 64.3 Å². The van der Waals surface area contributed by atoms with E-state index in [1.54, 1.807) is 0 Å². The van der Waals surface area contributed by atoms with Crippen molar-refractivity contribution in [3.05, 3.63) is 224 Å². The van der Waals surface area contributed by atoms with E-state index >= 15 is 0 Å². The molecular weight excluding hydrogens is 759 g/mol. The van der Waals surface area contributed by atoms with Crippen LogP contribution < -0.4 is 4.90 Å². The van der Waals surface area contributed by atoms with Crippen molar-refractivity contribution in [2.24, 2.45) is 0 Å². The largest absolute Gasteiger partial charge is 0.455 e. The summed E-state index contributed by atoms with van der Waals surface area (Å²) < 4.78 is 9.34. The molecule has 61 heavy (non-hydrogen) atoms. The number of fused-ring (bicyclic) bond motifs is 7. The highest BCUT2D eigenvalue weighted by molar-refractivity contribution is 7.25. The first kappa shape index (κ1) is 35.2. The van der Waals surface area contributed by atoms with Crippen molar-refractivity contribution in [2.75, 3.05) is 4.90 Å². The van der Waals surface area contributed by atoms with Crippen LogP contribution in [0.15, 0.2) is 229 Å². The number of para-hydroxylation sites is 1. The Kier molecular flexibility index (Phi) is 8.39. The highest BCUT2D eigenvalue weighted by atomic mass is 32.1. The molecule has 0 fully saturated rings. The van der Waals surface area contributed by atoms with Crippen LogP contribution in [0.2, 0.25) is 0 Å². The summed E-state index contributed by atoms with van der Waals surface area (Å²) in [6.45, 7) is 0. The van der Waals surface area contributed by atoms with E-state index in [4.69, 9.17) is 4.42 Å². The van der Waals surface area contributed by atoms with Gasteiger partial charge >= 0.3 is 0 Å². The molecule has 3 heteroatoms. The molecule has 0 aliphatic heterocycles. The van der Waals surface area contributed by atoms with Gasteiger partial charge in [0, 0.05) is 42.5 Å². The van der Waals surface area contributed by atoms with Crippen LogP contribution in [-0.2, 0) is 0 Å². The standard InChI is InChI=1S/C58H37NOS/c1-4-13-38(14-5-1)44-27-31-49-52-37-46(30-34-55(52)61-56(49)36-44)59(53-33-32-48(41-17-8-3-9-18-41)58-57(53)50-20-10-11-22-54(50)60-58)45-28-25-39(26-29-45)43-24-23-42-19-12-21-47(51(42)35-43)40-15-6-2-7-16-40/h1-37H. The Morgan fingerprint density at radius 2 is 0.984 bits per heavy atom. The maximum Gasteiger partial charge on any atom is 0.145 e. The molecule has 12 rings (SSSR count). The van der Waals surface area contributed by atoms with Crippen LogP contribution >= 0.6 is 11.3 Å². The molecule has 0 N–H and O–H groups in total. The molecule has 0 saturated heterocycles. The molecule has 12 aromatic rings. The average Bonchev–Trinajstić information content (AvgIpc) is 3.91. The lowest BCUT2D eigenvalue weighted by Gasteiger charge is -2.27. The van der Waals surface area contributed by atoms with Gasteiger partial charge in [-0.15, -0.1) is 11.3 Å². The average molecular weight is 796 g/mol. The third-order valence-electron chi connectivity index (χ3n) is 12.1.